The molecular formula is C17H18N2O2. The Bertz CT molecular complexity index is 605. The summed E-state index contributed by atoms with van der Waals surface area (Å²) in [6, 6.07) is 18.7. The van der Waals surface area contributed by atoms with Gasteiger partial charge < -0.3 is 15.6 Å². The Morgan fingerprint density at radius 1 is 1.10 bits per heavy atom. The van der Waals surface area contributed by atoms with Crippen LogP contribution in [-0.2, 0) is 12.0 Å². The molecule has 2 aromatic rings. The molecule has 2 aromatic carbocycles. The second-order valence-corrected chi connectivity index (χ2v) is 4.86. The molecule has 0 saturated carbocycles. The fraction of sp³-hybridized carbons (Fsp3) is 0.235. The fourth-order valence-electron chi connectivity index (χ4n) is 1.99. The van der Waals surface area contributed by atoms with E-state index in [-0.39, 0.29) is 13.2 Å². The van der Waals surface area contributed by atoms with Crippen molar-refractivity contribution in [2.45, 2.75) is 12.0 Å². The molecule has 0 aliphatic heterocycles. The molecular weight excluding hydrogens is 264 g/mol. The Morgan fingerprint density at radius 3 is 2.33 bits per heavy atom. The maximum atomic E-state index is 9.35. The monoisotopic (exact) mass is 282 g/mol. The Morgan fingerprint density at radius 2 is 1.76 bits per heavy atom. The number of nitrogens with two attached hydrogens (primary N) is 1. The second-order valence-electron chi connectivity index (χ2n) is 4.86. The van der Waals surface area contributed by atoms with E-state index in [0.29, 0.717) is 12.2 Å². The first-order valence-corrected chi connectivity index (χ1v) is 6.76. The lowest BCUT2D eigenvalue weighted by molar-refractivity contribution is 0.255. The van der Waals surface area contributed by atoms with E-state index >= 15 is 0 Å². The van der Waals surface area contributed by atoms with Crippen molar-refractivity contribution in [3.8, 4) is 11.8 Å². The van der Waals surface area contributed by atoms with Crippen LogP contribution in [0.1, 0.15) is 11.1 Å². The minimum Gasteiger partial charge on any atom is -0.490 e. The van der Waals surface area contributed by atoms with Crippen molar-refractivity contribution in [1.29, 1.82) is 5.26 Å². The zero-order valence-corrected chi connectivity index (χ0v) is 11.7. The average Bonchev–Trinajstić information content (AvgIpc) is 2.55. The summed E-state index contributed by atoms with van der Waals surface area (Å²) in [5, 5.41) is 18.2. The smallest absolute Gasteiger partial charge is 0.164 e. The lowest BCUT2D eigenvalue weighted by Crippen LogP contribution is -2.41. The molecule has 1 unspecified atom stereocenters. The molecule has 21 heavy (non-hydrogen) atoms. The van der Waals surface area contributed by atoms with E-state index in [4.69, 9.17) is 15.6 Å². The van der Waals surface area contributed by atoms with Crippen LogP contribution in [0.3, 0.4) is 0 Å². The molecule has 4 heteroatoms. The quantitative estimate of drug-likeness (QED) is 0.849. The van der Waals surface area contributed by atoms with Gasteiger partial charge in [0.05, 0.1) is 6.07 Å². The summed E-state index contributed by atoms with van der Waals surface area (Å²) < 4.78 is 5.64. The lowest BCUT2D eigenvalue weighted by atomic mass is 9.94. The number of hydrogen-bond donors (Lipinski definition) is 2. The molecule has 2 rings (SSSR count). The van der Waals surface area contributed by atoms with Gasteiger partial charge in [0.2, 0.25) is 0 Å². The first kappa shape index (κ1) is 15.0. The fourth-order valence-corrected chi connectivity index (χ4v) is 1.99. The highest BCUT2D eigenvalue weighted by Crippen LogP contribution is 2.20. The number of nitrogens with zero attached hydrogens (tertiary/aromatic N) is 1. The van der Waals surface area contributed by atoms with Gasteiger partial charge in [-0.05, 0) is 29.7 Å². The van der Waals surface area contributed by atoms with E-state index in [1.165, 1.54) is 0 Å². The number of aliphatic hydroxyl groups excluding tert-OH is 1. The van der Waals surface area contributed by atoms with Crippen LogP contribution < -0.4 is 10.5 Å². The zero-order valence-electron chi connectivity index (χ0n) is 11.7. The maximum Gasteiger partial charge on any atom is 0.164 e. The second kappa shape index (κ2) is 6.89. The van der Waals surface area contributed by atoms with Gasteiger partial charge in [0.15, 0.2) is 5.54 Å². The van der Waals surface area contributed by atoms with Gasteiger partial charge in [0.25, 0.3) is 0 Å². The molecule has 0 saturated heterocycles. The predicted molar refractivity (Wildman–Crippen MR) is 80.6 cm³/mol. The maximum absolute atomic E-state index is 9.35. The van der Waals surface area contributed by atoms with Gasteiger partial charge in [-0.2, -0.15) is 5.26 Å². The van der Waals surface area contributed by atoms with Crippen molar-refractivity contribution in [3.05, 3.63) is 65.7 Å². The Balaban J connectivity index is 2.05. The normalized spacial score (nSPS) is 13.2. The molecule has 108 valence electrons. The standard InChI is InChI=1S/C17H18N2O2/c18-12-17(19,15-4-2-1-3-5-15)13-21-16-8-6-14(7-9-16)10-11-20/h1-9,20H,10-11,13,19H2. The van der Waals surface area contributed by atoms with Gasteiger partial charge in [0.1, 0.15) is 12.4 Å². The van der Waals surface area contributed by atoms with Crippen molar-refractivity contribution in [2.75, 3.05) is 13.2 Å². The van der Waals surface area contributed by atoms with Crippen LogP contribution in [0.25, 0.3) is 0 Å². The molecule has 0 aromatic heterocycles. The third-order valence-corrected chi connectivity index (χ3v) is 3.28. The number of hydrogen-bond acceptors (Lipinski definition) is 4. The van der Waals surface area contributed by atoms with E-state index in [2.05, 4.69) is 6.07 Å². The largest absolute Gasteiger partial charge is 0.490 e. The topological polar surface area (TPSA) is 79.3 Å². The summed E-state index contributed by atoms with van der Waals surface area (Å²) in [7, 11) is 0. The van der Waals surface area contributed by atoms with E-state index in [1.54, 1.807) is 0 Å². The van der Waals surface area contributed by atoms with Gasteiger partial charge in [-0.15, -0.1) is 0 Å². The Labute approximate surface area is 124 Å². The summed E-state index contributed by atoms with van der Waals surface area (Å²) in [5.41, 5.74) is 6.71. The molecule has 0 radical (unpaired) electrons. The van der Waals surface area contributed by atoms with Crippen LogP contribution in [0, 0.1) is 11.3 Å². The van der Waals surface area contributed by atoms with Crippen LogP contribution >= 0.6 is 0 Å². The average molecular weight is 282 g/mol. The van der Waals surface area contributed by atoms with Gasteiger partial charge >= 0.3 is 0 Å². The summed E-state index contributed by atoms with van der Waals surface area (Å²) in [5.74, 6) is 0.651. The number of ether oxygens (including phenoxy) is 1. The van der Waals surface area contributed by atoms with Gasteiger partial charge in [0, 0.05) is 6.61 Å². The Kier molecular flexibility index (Phi) is 4.94. The highest BCUT2D eigenvalue weighted by Gasteiger charge is 2.28. The molecule has 0 spiro atoms. The van der Waals surface area contributed by atoms with Gasteiger partial charge in [-0.3, -0.25) is 0 Å². The first-order chi connectivity index (χ1) is 10.2. The number of nitriles is 1. The summed E-state index contributed by atoms with van der Waals surface area (Å²) >= 11 is 0. The van der Waals surface area contributed by atoms with Crippen LogP contribution in [0.5, 0.6) is 5.75 Å². The molecule has 0 fully saturated rings. The van der Waals surface area contributed by atoms with Crippen molar-refractivity contribution >= 4 is 0 Å². The first-order valence-electron chi connectivity index (χ1n) is 6.76. The zero-order chi connectivity index (χ0) is 15.1. The molecule has 0 aliphatic rings. The molecule has 4 nitrogen and oxygen atoms in total. The lowest BCUT2D eigenvalue weighted by Gasteiger charge is -2.22. The minimum atomic E-state index is -1.18. The van der Waals surface area contributed by atoms with E-state index < -0.39 is 5.54 Å². The number of aliphatic hydroxyl groups is 1. The van der Waals surface area contributed by atoms with E-state index in [9.17, 15) is 5.26 Å². The third kappa shape index (κ3) is 3.82. The molecule has 0 amide bonds. The van der Waals surface area contributed by atoms with Crippen molar-refractivity contribution in [2.24, 2.45) is 5.73 Å². The summed E-state index contributed by atoms with van der Waals surface area (Å²) in [6.45, 7) is 0.196. The summed E-state index contributed by atoms with van der Waals surface area (Å²) in [6.07, 6.45) is 0.614. The summed E-state index contributed by atoms with van der Waals surface area (Å²) in [4.78, 5) is 0. The highest BCUT2D eigenvalue weighted by atomic mass is 16.5. The van der Waals surface area contributed by atoms with Gasteiger partial charge in [-0.1, -0.05) is 42.5 Å². The third-order valence-electron chi connectivity index (χ3n) is 3.28. The van der Waals surface area contributed by atoms with E-state index in [0.717, 1.165) is 11.1 Å². The van der Waals surface area contributed by atoms with Crippen LogP contribution in [0.4, 0.5) is 0 Å². The minimum absolute atomic E-state index is 0.0762. The molecule has 0 bridgehead atoms. The number of rotatable bonds is 6. The number of benzene rings is 2. The van der Waals surface area contributed by atoms with Crippen LogP contribution in [0.15, 0.2) is 54.6 Å². The molecule has 0 aliphatic carbocycles. The molecule has 0 heterocycles. The van der Waals surface area contributed by atoms with Gasteiger partial charge in [-0.25, -0.2) is 0 Å². The van der Waals surface area contributed by atoms with Crippen LogP contribution in [-0.4, -0.2) is 18.3 Å². The van der Waals surface area contributed by atoms with E-state index in [1.807, 2.05) is 54.6 Å². The SMILES string of the molecule is N#CC(N)(COc1ccc(CCO)cc1)c1ccccc1. The Hall–Kier alpha value is -2.35. The van der Waals surface area contributed by atoms with Crippen LogP contribution in [0.2, 0.25) is 0 Å². The van der Waals surface area contributed by atoms with Crippen molar-refractivity contribution < 1.29 is 9.84 Å². The predicted octanol–water partition coefficient (Wildman–Crippen LogP) is 1.98. The molecule has 3 N–H and O–H groups in total. The molecule has 1 atom stereocenters. The van der Waals surface area contributed by atoms with Crippen molar-refractivity contribution in [1.82, 2.24) is 0 Å². The highest BCUT2D eigenvalue weighted by molar-refractivity contribution is 5.32. The van der Waals surface area contributed by atoms with Crippen molar-refractivity contribution in [3.63, 3.8) is 0 Å².